The Hall–Kier alpha value is -2.11. The van der Waals surface area contributed by atoms with Crippen LogP contribution in [0.5, 0.6) is 0 Å². The molecule has 0 aliphatic heterocycles. The van der Waals surface area contributed by atoms with Crippen molar-refractivity contribution in [1.29, 1.82) is 0 Å². The largest absolute Gasteiger partial charge is 0.444 e. The summed E-state index contributed by atoms with van der Waals surface area (Å²) >= 11 is 0. The SMILES string of the molecule is CN(C[C@H]1CC[C@H](C(=O)NCCc2ccncc2)CC1)C(=O)OC(C)(C)C. The molecule has 0 spiro atoms. The van der Waals surface area contributed by atoms with Crippen molar-refractivity contribution in [2.75, 3.05) is 20.1 Å². The van der Waals surface area contributed by atoms with Crippen LogP contribution in [0.2, 0.25) is 0 Å². The van der Waals surface area contributed by atoms with Crippen LogP contribution in [0.25, 0.3) is 0 Å². The van der Waals surface area contributed by atoms with Crippen LogP contribution < -0.4 is 5.32 Å². The molecule has 2 rings (SSSR count). The molecule has 0 aromatic carbocycles. The third-order valence-corrected chi connectivity index (χ3v) is 4.92. The second kappa shape index (κ2) is 9.72. The summed E-state index contributed by atoms with van der Waals surface area (Å²) < 4.78 is 5.40. The van der Waals surface area contributed by atoms with Gasteiger partial charge in [0.25, 0.3) is 0 Å². The minimum absolute atomic E-state index is 0.0884. The lowest BCUT2D eigenvalue weighted by Crippen LogP contribution is -2.39. The van der Waals surface area contributed by atoms with Gasteiger partial charge in [-0.05, 0) is 76.5 Å². The van der Waals surface area contributed by atoms with E-state index in [0.717, 1.165) is 32.1 Å². The maximum absolute atomic E-state index is 12.4. The predicted octanol–water partition coefficient (Wildman–Crippen LogP) is 3.41. The first-order valence-corrected chi connectivity index (χ1v) is 9.85. The van der Waals surface area contributed by atoms with Gasteiger partial charge in [-0.25, -0.2) is 4.79 Å². The second-order valence-electron chi connectivity index (χ2n) is 8.48. The first-order valence-electron chi connectivity index (χ1n) is 9.85. The zero-order valence-electron chi connectivity index (χ0n) is 17.0. The van der Waals surface area contributed by atoms with Gasteiger partial charge in [0, 0.05) is 38.4 Å². The molecule has 2 amide bonds. The van der Waals surface area contributed by atoms with Gasteiger partial charge in [0.1, 0.15) is 5.60 Å². The maximum atomic E-state index is 12.4. The molecule has 1 heterocycles. The maximum Gasteiger partial charge on any atom is 0.410 e. The molecule has 0 saturated heterocycles. The molecule has 0 unspecified atom stereocenters. The van der Waals surface area contributed by atoms with Crippen molar-refractivity contribution in [2.24, 2.45) is 11.8 Å². The van der Waals surface area contributed by atoms with Crippen LogP contribution in [0.3, 0.4) is 0 Å². The van der Waals surface area contributed by atoms with E-state index < -0.39 is 5.60 Å². The first-order chi connectivity index (χ1) is 12.7. The zero-order chi connectivity index (χ0) is 19.9. The van der Waals surface area contributed by atoms with Crippen molar-refractivity contribution in [3.8, 4) is 0 Å². The van der Waals surface area contributed by atoms with Crippen molar-refractivity contribution < 1.29 is 14.3 Å². The van der Waals surface area contributed by atoms with Gasteiger partial charge in [0.2, 0.25) is 5.91 Å². The highest BCUT2D eigenvalue weighted by Gasteiger charge is 2.28. The lowest BCUT2D eigenvalue weighted by molar-refractivity contribution is -0.126. The summed E-state index contributed by atoms with van der Waals surface area (Å²) in [5.74, 6) is 0.678. The van der Waals surface area contributed by atoms with Gasteiger partial charge in [-0.3, -0.25) is 9.78 Å². The van der Waals surface area contributed by atoms with E-state index in [2.05, 4.69) is 10.3 Å². The highest BCUT2D eigenvalue weighted by atomic mass is 16.6. The van der Waals surface area contributed by atoms with Crippen molar-refractivity contribution >= 4 is 12.0 Å². The number of aromatic nitrogens is 1. The van der Waals surface area contributed by atoms with Gasteiger partial charge in [-0.15, -0.1) is 0 Å². The van der Waals surface area contributed by atoms with E-state index in [1.807, 2.05) is 32.9 Å². The van der Waals surface area contributed by atoms with Gasteiger partial charge < -0.3 is 15.0 Å². The molecular weight excluding hydrogens is 342 g/mol. The Morgan fingerprint density at radius 1 is 1.19 bits per heavy atom. The van der Waals surface area contributed by atoms with E-state index in [1.165, 1.54) is 5.56 Å². The minimum atomic E-state index is -0.475. The summed E-state index contributed by atoms with van der Waals surface area (Å²) in [7, 11) is 1.78. The quantitative estimate of drug-likeness (QED) is 0.827. The molecule has 1 aliphatic carbocycles. The molecular formula is C21H33N3O3. The van der Waals surface area contributed by atoms with Crippen LogP contribution in [0, 0.1) is 11.8 Å². The number of carbonyl (C=O) groups is 2. The zero-order valence-corrected chi connectivity index (χ0v) is 17.0. The monoisotopic (exact) mass is 375 g/mol. The van der Waals surface area contributed by atoms with Crippen molar-refractivity contribution in [3.63, 3.8) is 0 Å². The van der Waals surface area contributed by atoms with Crippen LogP contribution in [0.4, 0.5) is 4.79 Å². The van der Waals surface area contributed by atoms with Crippen LogP contribution in [0.1, 0.15) is 52.0 Å². The molecule has 1 fully saturated rings. The lowest BCUT2D eigenvalue weighted by Gasteiger charge is -2.31. The molecule has 150 valence electrons. The number of hydrogen-bond donors (Lipinski definition) is 1. The van der Waals surface area contributed by atoms with E-state index in [1.54, 1.807) is 24.3 Å². The summed E-state index contributed by atoms with van der Waals surface area (Å²) in [4.78, 5) is 30.1. The Morgan fingerprint density at radius 3 is 2.41 bits per heavy atom. The molecule has 27 heavy (non-hydrogen) atoms. The van der Waals surface area contributed by atoms with Crippen LogP contribution in [-0.2, 0) is 16.0 Å². The standard InChI is InChI=1S/C21H33N3O3/c1-21(2,3)27-20(26)24(4)15-17-5-7-18(8-6-17)19(25)23-14-11-16-9-12-22-13-10-16/h9-10,12-13,17-18H,5-8,11,14-15H2,1-4H3,(H,23,25)/t17-,18-. The van der Waals surface area contributed by atoms with Gasteiger partial charge in [0.05, 0.1) is 0 Å². The molecule has 0 radical (unpaired) electrons. The topological polar surface area (TPSA) is 71.5 Å². The van der Waals surface area contributed by atoms with Gasteiger partial charge in [0.15, 0.2) is 0 Å². The van der Waals surface area contributed by atoms with E-state index in [0.29, 0.717) is 19.0 Å². The fraction of sp³-hybridized carbons (Fsp3) is 0.667. The summed E-state index contributed by atoms with van der Waals surface area (Å²) in [5, 5.41) is 3.06. The number of pyridine rings is 1. The summed E-state index contributed by atoms with van der Waals surface area (Å²) in [6.07, 6.45) is 7.79. The first kappa shape index (κ1) is 21.2. The fourth-order valence-electron chi connectivity index (χ4n) is 3.43. The number of nitrogens with zero attached hydrogens (tertiary/aromatic N) is 2. The number of amides is 2. The molecule has 1 N–H and O–H groups in total. The van der Waals surface area contributed by atoms with Crippen molar-refractivity contribution in [2.45, 2.75) is 58.5 Å². The molecule has 1 saturated carbocycles. The van der Waals surface area contributed by atoms with E-state index in [4.69, 9.17) is 4.74 Å². The second-order valence-corrected chi connectivity index (χ2v) is 8.48. The van der Waals surface area contributed by atoms with Crippen LogP contribution >= 0.6 is 0 Å². The minimum Gasteiger partial charge on any atom is -0.444 e. The summed E-state index contributed by atoms with van der Waals surface area (Å²) in [6.45, 7) is 6.96. The molecule has 6 nitrogen and oxygen atoms in total. The summed E-state index contributed by atoms with van der Waals surface area (Å²) in [6, 6.07) is 3.94. The van der Waals surface area contributed by atoms with Crippen LogP contribution in [0.15, 0.2) is 24.5 Å². The lowest BCUT2D eigenvalue weighted by atomic mass is 9.81. The Labute approximate surface area is 162 Å². The average molecular weight is 376 g/mol. The molecule has 0 atom stereocenters. The predicted molar refractivity (Wildman–Crippen MR) is 105 cm³/mol. The highest BCUT2D eigenvalue weighted by molar-refractivity contribution is 5.78. The van der Waals surface area contributed by atoms with E-state index >= 15 is 0 Å². The van der Waals surface area contributed by atoms with Crippen molar-refractivity contribution in [3.05, 3.63) is 30.1 Å². The Bertz CT molecular complexity index is 605. The third-order valence-electron chi connectivity index (χ3n) is 4.92. The normalized spacial score (nSPS) is 20.0. The number of carbonyl (C=O) groups excluding carboxylic acids is 2. The number of hydrogen-bond acceptors (Lipinski definition) is 4. The molecule has 6 heteroatoms. The molecule has 1 aromatic heterocycles. The molecule has 0 bridgehead atoms. The average Bonchev–Trinajstić information content (AvgIpc) is 2.61. The van der Waals surface area contributed by atoms with Gasteiger partial charge >= 0.3 is 6.09 Å². The Kier molecular flexibility index (Phi) is 7.63. The van der Waals surface area contributed by atoms with Gasteiger partial charge in [-0.2, -0.15) is 0 Å². The third kappa shape index (κ3) is 7.57. The Balaban J connectivity index is 1.67. The molecule has 1 aromatic rings. The molecule has 1 aliphatic rings. The van der Waals surface area contributed by atoms with E-state index in [9.17, 15) is 9.59 Å². The number of rotatable bonds is 6. The number of ether oxygens (including phenoxy) is 1. The van der Waals surface area contributed by atoms with Gasteiger partial charge in [-0.1, -0.05) is 0 Å². The smallest absolute Gasteiger partial charge is 0.410 e. The highest BCUT2D eigenvalue weighted by Crippen LogP contribution is 2.29. The van der Waals surface area contributed by atoms with Crippen LogP contribution in [-0.4, -0.2) is 47.6 Å². The van der Waals surface area contributed by atoms with Crippen molar-refractivity contribution in [1.82, 2.24) is 15.2 Å². The Morgan fingerprint density at radius 2 is 1.81 bits per heavy atom. The van der Waals surface area contributed by atoms with E-state index in [-0.39, 0.29) is 17.9 Å². The summed E-state index contributed by atoms with van der Waals surface area (Å²) in [5.41, 5.74) is 0.705. The fourth-order valence-corrected chi connectivity index (χ4v) is 3.43. The number of nitrogens with one attached hydrogen (secondary N) is 1.